The van der Waals surface area contributed by atoms with E-state index in [0.29, 0.717) is 0 Å². The minimum absolute atomic E-state index is 0.861. The zero-order valence-electron chi connectivity index (χ0n) is 23.3. The molecule has 0 saturated carbocycles. The van der Waals surface area contributed by atoms with E-state index in [9.17, 15) is 0 Å². The molecule has 2 aromatic heterocycles. The van der Waals surface area contributed by atoms with Crippen LogP contribution in [0.25, 0.3) is 82.6 Å². The maximum absolute atomic E-state index is 5.20. The van der Waals surface area contributed by atoms with Crippen LogP contribution in [0.15, 0.2) is 152 Å². The van der Waals surface area contributed by atoms with Gasteiger partial charge in [0.2, 0.25) is 0 Å². The molecule has 0 bridgehead atoms. The van der Waals surface area contributed by atoms with Gasteiger partial charge in [0.05, 0.1) is 16.6 Å². The van der Waals surface area contributed by atoms with Crippen LogP contribution in [0.2, 0.25) is 0 Å². The molecule has 0 fully saturated rings. The third-order valence-corrected chi connectivity index (χ3v) is 8.55. The van der Waals surface area contributed by atoms with Crippen LogP contribution in [0.5, 0.6) is 0 Å². The second-order valence-electron chi connectivity index (χ2n) is 11.1. The fourth-order valence-corrected chi connectivity index (χ4v) is 6.54. The number of hydrogen-bond donors (Lipinski definition) is 0. The largest absolute Gasteiger partial charge is 0.293 e. The summed E-state index contributed by atoms with van der Waals surface area (Å²) < 4.78 is 2.26. The van der Waals surface area contributed by atoms with E-state index in [2.05, 4.69) is 132 Å². The summed E-state index contributed by atoms with van der Waals surface area (Å²) in [5.41, 5.74) is 10.4. The lowest BCUT2D eigenvalue weighted by molar-refractivity contribution is 1.14. The van der Waals surface area contributed by atoms with Crippen LogP contribution in [-0.2, 0) is 0 Å². The van der Waals surface area contributed by atoms with Crippen LogP contribution in [0.3, 0.4) is 0 Å². The minimum atomic E-state index is 0.861. The molecule has 0 aliphatic carbocycles. The van der Waals surface area contributed by atoms with Crippen molar-refractivity contribution in [2.24, 2.45) is 0 Å². The average molecular weight is 548 g/mol. The number of para-hydroxylation sites is 2. The van der Waals surface area contributed by atoms with Crippen molar-refractivity contribution in [3.8, 4) is 27.9 Å². The van der Waals surface area contributed by atoms with Gasteiger partial charge < -0.3 is 0 Å². The monoisotopic (exact) mass is 547 g/mol. The van der Waals surface area contributed by atoms with E-state index in [0.717, 1.165) is 38.8 Å². The van der Waals surface area contributed by atoms with Gasteiger partial charge in [-0.05, 0) is 86.3 Å². The Hall–Kier alpha value is -5.80. The third-order valence-electron chi connectivity index (χ3n) is 8.55. The Kier molecular flexibility index (Phi) is 5.20. The van der Waals surface area contributed by atoms with Gasteiger partial charge in [0.25, 0.3) is 0 Å². The summed E-state index contributed by atoms with van der Waals surface area (Å²) in [6, 6.07) is 53.8. The van der Waals surface area contributed by atoms with E-state index >= 15 is 0 Å². The van der Waals surface area contributed by atoms with Crippen LogP contribution in [0.1, 0.15) is 0 Å². The van der Waals surface area contributed by atoms with Gasteiger partial charge in [0.15, 0.2) is 5.65 Å². The minimum Gasteiger partial charge on any atom is -0.293 e. The maximum atomic E-state index is 5.20. The van der Waals surface area contributed by atoms with E-state index in [1.165, 1.54) is 43.8 Å². The lowest BCUT2D eigenvalue weighted by Gasteiger charge is -2.12. The SMILES string of the molecule is c1ccc(-c2cccc(-n3c4ccc(-c5cc6ccccc6c6ccccc56)cc4c4nc5ccccc5nc43)c2)cc1. The van der Waals surface area contributed by atoms with Gasteiger partial charge in [0.1, 0.15) is 5.52 Å². The predicted molar refractivity (Wildman–Crippen MR) is 180 cm³/mol. The molecule has 0 N–H and O–H groups in total. The molecule has 0 amide bonds. The molecule has 0 saturated heterocycles. The molecule has 0 aliphatic heterocycles. The van der Waals surface area contributed by atoms with Crippen molar-refractivity contribution < 1.29 is 0 Å². The smallest absolute Gasteiger partial charge is 0.165 e. The summed E-state index contributed by atoms with van der Waals surface area (Å²) in [6.45, 7) is 0. The van der Waals surface area contributed by atoms with Gasteiger partial charge in [-0.15, -0.1) is 0 Å². The molecule has 3 nitrogen and oxygen atoms in total. The molecule has 3 heteroatoms. The highest BCUT2D eigenvalue weighted by Crippen LogP contribution is 2.39. The molecule has 0 atom stereocenters. The maximum Gasteiger partial charge on any atom is 0.165 e. The predicted octanol–water partition coefficient (Wildman–Crippen LogP) is 10.4. The molecule has 200 valence electrons. The first-order valence-corrected chi connectivity index (χ1v) is 14.6. The summed E-state index contributed by atoms with van der Waals surface area (Å²) in [4.78, 5) is 10.4. The van der Waals surface area contributed by atoms with Crippen LogP contribution in [0.4, 0.5) is 0 Å². The highest BCUT2D eigenvalue weighted by atomic mass is 15.1. The number of fused-ring (bicyclic) bond motifs is 7. The first kappa shape index (κ1) is 23.9. The molecule has 0 radical (unpaired) electrons. The van der Waals surface area contributed by atoms with E-state index in [4.69, 9.17) is 9.97 Å². The molecular weight excluding hydrogens is 522 g/mol. The van der Waals surface area contributed by atoms with Crippen molar-refractivity contribution in [1.29, 1.82) is 0 Å². The second-order valence-corrected chi connectivity index (χ2v) is 11.1. The fourth-order valence-electron chi connectivity index (χ4n) is 6.54. The van der Waals surface area contributed by atoms with E-state index in [1.54, 1.807) is 0 Å². The zero-order valence-corrected chi connectivity index (χ0v) is 23.3. The lowest BCUT2D eigenvalue weighted by atomic mass is 9.93. The van der Waals surface area contributed by atoms with Crippen molar-refractivity contribution in [2.45, 2.75) is 0 Å². The molecule has 9 aromatic rings. The summed E-state index contributed by atoms with van der Waals surface area (Å²) in [5.74, 6) is 0. The fraction of sp³-hybridized carbons (Fsp3) is 0. The summed E-state index contributed by atoms with van der Waals surface area (Å²) in [5, 5.41) is 6.11. The molecule has 0 aliphatic rings. The molecule has 2 heterocycles. The Morgan fingerprint density at radius 2 is 1.12 bits per heavy atom. The topological polar surface area (TPSA) is 30.7 Å². The number of hydrogen-bond acceptors (Lipinski definition) is 2. The zero-order chi connectivity index (χ0) is 28.3. The third kappa shape index (κ3) is 3.75. The summed E-state index contributed by atoms with van der Waals surface area (Å²) in [6.07, 6.45) is 0. The Morgan fingerprint density at radius 3 is 1.98 bits per heavy atom. The quantitative estimate of drug-likeness (QED) is 0.206. The van der Waals surface area contributed by atoms with E-state index in [1.807, 2.05) is 24.3 Å². The van der Waals surface area contributed by atoms with Gasteiger partial charge in [-0.2, -0.15) is 0 Å². The van der Waals surface area contributed by atoms with Crippen molar-refractivity contribution in [3.05, 3.63) is 152 Å². The normalized spacial score (nSPS) is 11.7. The van der Waals surface area contributed by atoms with Crippen molar-refractivity contribution in [1.82, 2.24) is 14.5 Å². The van der Waals surface area contributed by atoms with Crippen LogP contribution >= 0.6 is 0 Å². The molecule has 0 unspecified atom stereocenters. The standard InChI is InChI=1S/C40H25N3/c1-2-11-26(12-3-1)27-14-10-15-30(23-27)43-38-22-21-29(25-35(38)39-40(43)42-37-20-9-8-19-36(37)41-39)34-24-28-13-4-5-16-31(28)32-17-6-7-18-33(32)34/h1-25H. The Labute approximate surface area is 248 Å². The molecule has 7 aromatic carbocycles. The lowest BCUT2D eigenvalue weighted by Crippen LogP contribution is -1.97. The Morgan fingerprint density at radius 1 is 0.419 bits per heavy atom. The average Bonchev–Trinajstić information content (AvgIpc) is 3.39. The Bertz CT molecular complexity index is 2510. The second kappa shape index (κ2) is 9.37. The highest BCUT2D eigenvalue weighted by Gasteiger charge is 2.18. The first-order valence-electron chi connectivity index (χ1n) is 14.6. The number of aromatic nitrogens is 3. The number of rotatable bonds is 3. The van der Waals surface area contributed by atoms with Gasteiger partial charge in [-0.3, -0.25) is 4.57 Å². The van der Waals surface area contributed by atoms with Crippen molar-refractivity contribution in [2.75, 3.05) is 0 Å². The van der Waals surface area contributed by atoms with Gasteiger partial charge in [0, 0.05) is 11.1 Å². The van der Waals surface area contributed by atoms with Crippen molar-refractivity contribution >= 4 is 54.6 Å². The van der Waals surface area contributed by atoms with E-state index in [-0.39, 0.29) is 0 Å². The van der Waals surface area contributed by atoms with Crippen molar-refractivity contribution in [3.63, 3.8) is 0 Å². The first-order chi connectivity index (χ1) is 21.3. The van der Waals surface area contributed by atoms with Gasteiger partial charge in [-0.25, -0.2) is 9.97 Å². The summed E-state index contributed by atoms with van der Waals surface area (Å²) in [7, 11) is 0. The van der Waals surface area contributed by atoms with Gasteiger partial charge >= 0.3 is 0 Å². The highest BCUT2D eigenvalue weighted by molar-refractivity contribution is 6.15. The van der Waals surface area contributed by atoms with Crippen LogP contribution in [-0.4, -0.2) is 14.5 Å². The molecule has 9 rings (SSSR count). The Balaban J connectivity index is 1.35. The summed E-state index contributed by atoms with van der Waals surface area (Å²) >= 11 is 0. The van der Waals surface area contributed by atoms with Crippen LogP contribution < -0.4 is 0 Å². The molecular formula is C40H25N3. The van der Waals surface area contributed by atoms with E-state index < -0.39 is 0 Å². The molecule has 43 heavy (non-hydrogen) atoms. The number of nitrogens with zero attached hydrogens (tertiary/aromatic N) is 3. The van der Waals surface area contributed by atoms with Crippen LogP contribution in [0, 0.1) is 0 Å². The van der Waals surface area contributed by atoms with Gasteiger partial charge in [-0.1, -0.05) is 109 Å². The molecule has 0 spiro atoms. The number of benzene rings is 7.